The van der Waals surface area contributed by atoms with Gasteiger partial charge in [0.2, 0.25) is 17.7 Å². The maximum absolute atomic E-state index is 5.76. The number of aromatic nitrogens is 10. The number of nitrogens with zero attached hydrogens (tertiary/aromatic N) is 10. The van der Waals surface area contributed by atoms with Crippen molar-refractivity contribution in [1.29, 1.82) is 0 Å². The molecule has 15 rings (SSSR count). The van der Waals surface area contributed by atoms with Gasteiger partial charge in [-0.05, 0) is 106 Å². The van der Waals surface area contributed by atoms with Crippen LogP contribution in [-0.2, 0) is 27.1 Å². The third kappa shape index (κ3) is 17.9. The molecule has 0 radical (unpaired) electrons. The second kappa shape index (κ2) is 30.6. The van der Waals surface area contributed by atoms with Gasteiger partial charge in [0.15, 0.2) is 28.9 Å². The molecule has 0 unspecified atom stereocenters. The lowest BCUT2D eigenvalue weighted by molar-refractivity contribution is 0.411. The lowest BCUT2D eigenvalue weighted by Gasteiger charge is -2.20. The SMILES string of the molecule is CC(C)(C)c1ccc(-c2nnc(-c3ccccc3)n2-c2ccccc2)cc1.CC(C)(C)c1ccc(-c2nnc(-c3ccccc3)o2)cc1.CC(C)(C)c1ccc(-n2c(-c3ccccc3)nnc2-c2ccccc2)cc1.CC(C)(C)c1nc2ccccc2o1.CC(C)(C)c1nc2ccccc2s1. The number of rotatable bonds is 8. The molecule has 101 heavy (non-hydrogen) atoms. The maximum atomic E-state index is 5.76. The molecule has 0 N–H and O–H groups in total. The Morgan fingerprint density at radius 3 is 0.980 bits per heavy atom. The van der Waals surface area contributed by atoms with Crippen LogP contribution in [0.1, 0.15) is 131 Å². The molecular formula is C88H90N10O2S. The molecule has 12 nitrogen and oxygen atoms in total. The number of thiazole rings is 1. The van der Waals surface area contributed by atoms with Gasteiger partial charge in [0.05, 0.1) is 15.2 Å². The molecule has 510 valence electrons. The molecule has 0 aliphatic rings. The average Bonchev–Trinajstić information content (AvgIpc) is 1.66. The summed E-state index contributed by atoms with van der Waals surface area (Å²) in [7, 11) is 0. The van der Waals surface area contributed by atoms with Crippen molar-refractivity contribution >= 4 is 32.7 Å². The quantitative estimate of drug-likeness (QED) is 0.144. The fraction of sp³-hybridized carbons (Fsp3) is 0.227. The minimum Gasteiger partial charge on any atom is -0.440 e. The van der Waals surface area contributed by atoms with E-state index in [0.717, 1.165) is 90.6 Å². The van der Waals surface area contributed by atoms with Gasteiger partial charge in [-0.15, -0.1) is 41.9 Å². The number of para-hydroxylation sites is 4. The van der Waals surface area contributed by atoms with Crippen LogP contribution >= 0.6 is 11.3 Å². The van der Waals surface area contributed by atoms with Gasteiger partial charge in [0, 0.05) is 55.6 Å². The maximum Gasteiger partial charge on any atom is 0.248 e. The van der Waals surface area contributed by atoms with Crippen molar-refractivity contribution < 1.29 is 8.83 Å². The highest BCUT2D eigenvalue weighted by molar-refractivity contribution is 7.18. The van der Waals surface area contributed by atoms with Crippen LogP contribution in [0.3, 0.4) is 0 Å². The molecule has 0 atom stereocenters. The van der Waals surface area contributed by atoms with E-state index in [0.29, 0.717) is 11.8 Å². The largest absolute Gasteiger partial charge is 0.440 e. The van der Waals surface area contributed by atoms with Gasteiger partial charge in [-0.1, -0.05) is 304 Å². The minimum atomic E-state index is -0.0149. The van der Waals surface area contributed by atoms with Gasteiger partial charge >= 0.3 is 0 Å². The first kappa shape index (κ1) is 71.3. The van der Waals surface area contributed by atoms with E-state index < -0.39 is 0 Å². The second-order valence-electron chi connectivity index (χ2n) is 30.0. The summed E-state index contributed by atoms with van der Waals surface area (Å²) >= 11 is 1.79. The van der Waals surface area contributed by atoms with E-state index in [1.807, 2.05) is 146 Å². The van der Waals surface area contributed by atoms with Crippen molar-refractivity contribution in [2.75, 3.05) is 0 Å². The number of oxazole rings is 1. The van der Waals surface area contributed by atoms with Crippen LogP contribution in [0.5, 0.6) is 0 Å². The van der Waals surface area contributed by atoms with Crippen molar-refractivity contribution in [1.82, 2.24) is 49.7 Å². The number of hydrogen-bond acceptors (Lipinski definition) is 11. The van der Waals surface area contributed by atoms with E-state index in [4.69, 9.17) is 8.83 Å². The van der Waals surface area contributed by atoms with E-state index in [1.165, 1.54) is 26.4 Å². The predicted molar refractivity (Wildman–Crippen MR) is 417 cm³/mol. The molecule has 15 aromatic rings. The van der Waals surface area contributed by atoms with Gasteiger partial charge in [0.25, 0.3) is 0 Å². The third-order valence-electron chi connectivity index (χ3n) is 16.8. The van der Waals surface area contributed by atoms with Crippen LogP contribution in [0.15, 0.2) is 282 Å². The summed E-state index contributed by atoms with van der Waals surface area (Å²) in [5.41, 5.74) is 15.6. The number of hydrogen-bond donors (Lipinski definition) is 0. The normalized spacial score (nSPS) is 11.7. The standard InChI is InChI=1S/2C24H23N3.C18H18N2O.C11H13NO.C11H13NS/c1-24(2,3)20-16-14-19(15-17-20)23-26-25-22(18-10-6-4-7-11-18)27(23)21-12-8-5-9-13-21;1-24(2,3)20-14-16-21(17-15-20)27-22(18-10-6-4-7-11-18)25-26-23(27)19-12-8-5-9-13-19;1-18(2,3)15-11-9-14(10-12-15)17-20-19-16(21-17)13-7-5-4-6-8-13;2*1-11(2,3)10-12-8-6-4-5-7-9(8)13-10/h2*4-17H,1-3H3;4-12H,1-3H3;2*4-7H,1-3H3. The monoisotopic (exact) mass is 1350 g/mol. The van der Waals surface area contributed by atoms with Crippen LogP contribution in [0.25, 0.3) is 101 Å². The zero-order valence-electron chi connectivity index (χ0n) is 60.7. The lowest BCUT2D eigenvalue weighted by Crippen LogP contribution is -2.11. The number of fused-ring (bicyclic) bond motifs is 2. The Labute approximate surface area is 599 Å². The van der Waals surface area contributed by atoms with Gasteiger partial charge < -0.3 is 8.83 Å². The molecule has 13 heteroatoms. The van der Waals surface area contributed by atoms with Crippen molar-refractivity contribution in [3.8, 4) is 79.8 Å². The first-order valence-electron chi connectivity index (χ1n) is 34.3. The summed E-state index contributed by atoms with van der Waals surface area (Å²) in [5.74, 6) is 5.28. The molecular weight excluding hydrogens is 1260 g/mol. The van der Waals surface area contributed by atoms with E-state index in [-0.39, 0.29) is 27.1 Å². The topological polar surface area (TPSA) is 139 Å². The van der Waals surface area contributed by atoms with E-state index in [9.17, 15) is 0 Å². The minimum absolute atomic E-state index is 0.0149. The van der Waals surface area contributed by atoms with Crippen LogP contribution in [0, 0.1) is 0 Å². The average molecular weight is 1350 g/mol. The highest BCUT2D eigenvalue weighted by atomic mass is 32.1. The molecule has 0 aliphatic carbocycles. The van der Waals surface area contributed by atoms with E-state index in [2.05, 4.69) is 281 Å². The van der Waals surface area contributed by atoms with Crippen LogP contribution in [-0.4, -0.2) is 49.7 Å². The lowest BCUT2D eigenvalue weighted by atomic mass is 9.86. The van der Waals surface area contributed by atoms with Gasteiger partial charge in [0.1, 0.15) is 5.52 Å². The molecule has 0 spiro atoms. The summed E-state index contributed by atoms with van der Waals surface area (Å²) in [4.78, 5) is 9.02. The van der Waals surface area contributed by atoms with Crippen molar-refractivity contribution in [3.63, 3.8) is 0 Å². The Morgan fingerprint density at radius 1 is 0.267 bits per heavy atom. The summed E-state index contributed by atoms with van der Waals surface area (Å²) < 4.78 is 16.9. The Morgan fingerprint density at radius 2 is 0.594 bits per heavy atom. The summed E-state index contributed by atoms with van der Waals surface area (Å²) in [6.07, 6.45) is 0. The van der Waals surface area contributed by atoms with Gasteiger partial charge in [-0.25, -0.2) is 9.97 Å². The van der Waals surface area contributed by atoms with Crippen LogP contribution in [0.2, 0.25) is 0 Å². The van der Waals surface area contributed by atoms with Gasteiger partial charge in [-0.3, -0.25) is 9.13 Å². The zero-order valence-corrected chi connectivity index (χ0v) is 61.5. The molecule has 5 aromatic heterocycles. The Kier molecular flexibility index (Phi) is 21.6. The highest BCUT2D eigenvalue weighted by Gasteiger charge is 2.24. The highest BCUT2D eigenvalue weighted by Crippen LogP contribution is 2.35. The molecule has 0 bridgehead atoms. The van der Waals surface area contributed by atoms with Crippen molar-refractivity contribution in [3.05, 3.63) is 301 Å². The fourth-order valence-corrected chi connectivity index (χ4v) is 11.9. The van der Waals surface area contributed by atoms with Crippen LogP contribution in [0.4, 0.5) is 0 Å². The molecule has 0 amide bonds. The Bertz CT molecular complexity index is 4880. The second-order valence-corrected chi connectivity index (χ2v) is 31.0. The zero-order chi connectivity index (χ0) is 71.5. The molecule has 0 fully saturated rings. The van der Waals surface area contributed by atoms with E-state index >= 15 is 0 Å². The first-order valence-corrected chi connectivity index (χ1v) is 35.1. The van der Waals surface area contributed by atoms with Crippen molar-refractivity contribution in [2.45, 2.75) is 131 Å². The molecule has 0 saturated carbocycles. The summed E-state index contributed by atoms with van der Waals surface area (Å²) in [6.45, 7) is 32.8. The molecule has 0 saturated heterocycles. The van der Waals surface area contributed by atoms with Crippen molar-refractivity contribution in [2.24, 2.45) is 0 Å². The van der Waals surface area contributed by atoms with E-state index in [1.54, 1.807) is 11.3 Å². The molecule has 5 heterocycles. The molecule has 10 aromatic carbocycles. The van der Waals surface area contributed by atoms with Gasteiger partial charge in [-0.2, -0.15) is 0 Å². The smallest absolute Gasteiger partial charge is 0.248 e. The first-order chi connectivity index (χ1) is 48.3. The summed E-state index contributed by atoms with van der Waals surface area (Å²) in [6, 6.07) is 92.4. The Hall–Kier alpha value is -11.0. The Balaban J connectivity index is 0.000000131. The fourth-order valence-electron chi connectivity index (χ4n) is 10.9. The molecule has 0 aliphatic heterocycles. The van der Waals surface area contributed by atoms with Crippen LogP contribution < -0.4 is 0 Å². The number of benzene rings is 10. The summed E-state index contributed by atoms with van der Waals surface area (Å²) in [5, 5.41) is 27.6. The third-order valence-corrected chi connectivity index (χ3v) is 18.2. The predicted octanol–water partition coefficient (Wildman–Crippen LogP) is 23.2.